The van der Waals surface area contributed by atoms with Crippen LogP contribution in [0, 0.1) is 6.92 Å². The molecule has 1 amide bonds. The quantitative estimate of drug-likeness (QED) is 0.642. The van der Waals surface area contributed by atoms with E-state index in [1.165, 1.54) is 0 Å². The van der Waals surface area contributed by atoms with Gasteiger partial charge in [0.1, 0.15) is 5.75 Å². The molecule has 0 atom stereocenters. The van der Waals surface area contributed by atoms with E-state index in [2.05, 4.69) is 15.5 Å². The van der Waals surface area contributed by atoms with Crippen molar-refractivity contribution in [2.45, 2.75) is 20.3 Å². The number of anilines is 1. The lowest BCUT2D eigenvalue weighted by Crippen LogP contribution is -2.20. The highest BCUT2D eigenvalue weighted by atomic mass is 16.5. The summed E-state index contributed by atoms with van der Waals surface area (Å²) in [5.41, 5.74) is 1.97. The first kappa shape index (κ1) is 18.3. The molecule has 3 aromatic rings. The minimum Gasteiger partial charge on any atom is -0.484 e. The second-order valence-electron chi connectivity index (χ2n) is 5.86. The van der Waals surface area contributed by atoms with Gasteiger partial charge in [-0.1, -0.05) is 24.2 Å². The number of hydrogen-bond acceptors (Lipinski definition) is 6. The van der Waals surface area contributed by atoms with Crippen LogP contribution >= 0.6 is 0 Å². The van der Waals surface area contributed by atoms with Crippen LogP contribution in [0.2, 0.25) is 0 Å². The number of amides is 1. The molecule has 0 saturated heterocycles. The van der Waals surface area contributed by atoms with Crippen molar-refractivity contribution in [2.24, 2.45) is 0 Å². The molecule has 0 spiro atoms. The molecule has 7 nitrogen and oxygen atoms in total. The maximum Gasteiger partial charge on any atom is 0.262 e. The van der Waals surface area contributed by atoms with E-state index in [0.29, 0.717) is 35.1 Å². The highest BCUT2D eigenvalue weighted by Gasteiger charge is 2.09. The molecule has 27 heavy (non-hydrogen) atoms. The molecule has 1 heterocycles. The summed E-state index contributed by atoms with van der Waals surface area (Å²) in [4.78, 5) is 27.9. The van der Waals surface area contributed by atoms with Crippen LogP contribution in [0.5, 0.6) is 5.75 Å². The number of aromatic nitrogens is 2. The predicted molar refractivity (Wildman–Crippen MR) is 99.7 cm³/mol. The summed E-state index contributed by atoms with van der Waals surface area (Å²) in [6, 6.07) is 13.9. The number of nitrogens with one attached hydrogen (secondary N) is 1. The van der Waals surface area contributed by atoms with Crippen LogP contribution in [0.25, 0.3) is 11.4 Å². The average Bonchev–Trinajstić information content (AvgIpc) is 3.13. The zero-order valence-corrected chi connectivity index (χ0v) is 15.1. The van der Waals surface area contributed by atoms with Gasteiger partial charge < -0.3 is 14.6 Å². The van der Waals surface area contributed by atoms with Crippen LogP contribution in [-0.4, -0.2) is 28.4 Å². The molecule has 1 aromatic heterocycles. The molecule has 0 aliphatic heterocycles. The fourth-order valence-electron chi connectivity index (χ4n) is 2.44. The van der Waals surface area contributed by atoms with Gasteiger partial charge in [0, 0.05) is 30.2 Å². The molecule has 0 unspecified atom stereocenters. The van der Waals surface area contributed by atoms with Crippen molar-refractivity contribution in [3.63, 3.8) is 0 Å². The van der Waals surface area contributed by atoms with Crippen LogP contribution < -0.4 is 10.1 Å². The maximum absolute atomic E-state index is 12.1. The monoisotopic (exact) mass is 365 g/mol. The number of carbonyl (C=O) groups excluding carboxylic acids is 2. The number of hydrogen-bond donors (Lipinski definition) is 1. The third-order valence-electron chi connectivity index (χ3n) is 3.80. The van der Waals surface area contributed by atoms with E-state index in [1.54, 1.807) is 49.4 Å². The SMILES string of the molecule is CCC(=O)c1ccc(OCC(=O)Nc2cccc(-c3noc(C)n3)c2)cc1. The zero-order chi connectivity index (χ0) is 19.2. The Bertz CT molecular complexity index is 948. The number of aryl methyl sites for hydroxylation is 1. The number of ketones is 1. The summed E-state index contributed by atoms with van der Waals surface area (Å²) < 4.78 is 10.4. The fraction of sp³-hybridized carbons (Fsp3) is 0.200. The smallest absolute Gasteiger partial charge is 0.262 e. The van der Waals surface area contributed by atoms with E-state index in [0.717, 1.165) is 5.56 Å². The number of ether oxygens (including phenoxy) is 1. The highest BCUT2D eigenvalue weighted by molar-refractivity contribution is 5.96. The maximum atomic E-state index is 12.1. The Morgan fingerprint density at radius 1 is 1.15 bits per heavy atom. The Kier molecular flexibility index (Phi) is 5.61. The summed E-state index contributed by atoms with van der Waals surface area (Å²) >= 11 is 0. The van der Waals surface area contributed by atoms with Gasteiger partial charge in [0.15, 0.2) is 12.4 Å². The van der Waals surface area contributed by atoms with Crippen molar-refractivity contribution in [2.75, 3.05) is 11.9 Å². The second-order valence-corrected chi connectivity index (χ2v) is 5.86. The van der Waals surface area contributed by atoms with Crippen molar-refractivity contribution in [1.29, 1.82) is 0 Å². The van der Waals surface area contributed by atoms with Gasteiger partial charge in [-0.3, -0.25) is 9.59 Å². The summed E-state index contributed by atoms with van der Waals surface area (Å²) in [5, 5.41) is 6.62. The van der Waals surface area contributed by atoms with E-state index in [9.17, 15) is 9.59 Å². The summed E-state index contributed by atoms with van der Waals surface area (Å²) in [5.74, 6) is 1.22. The van der Waals surface area contributed by atoms with E-state index < -0.39 is 0 Å². The molecule has 138 valence electrons. The molecule has 3 rings (SSSR count). The van der Waals surface area contributed by atoms with Crippen molar-refractivity contribution < 1.29 is 18.8 Å². The zero-order valence-electron chi connectivity index (χ0n) is 15.1. The third kappa shape index (κ3) is 4.78. The molecule has 0 radical (unpaired) electrons. The lowest BCUT2D eigenvalue weighted by molar-refractivity contribution is -0.118. The first-order valence-corrected chi connectivity index (χ1v) is 8.52. The van der Waals surface area contributed by atoms with Gasteiger partial charge in [0.2, 0.25) is 11.7 Å². The summed E-state index contributed by atoms with van der Waals surface area (Å²) in [6.07, 6.45) is 0.450. The predicted octanol–water partition coefficient (Wildman–Crippen LogP) is 3.66. The minimum absolute atomic E-state index is 0.0657. The topological polar surface area (TPSA) is 94.3 Å². The molecular weight excluding hydrogens is 346 g/mol. The fourth-order valence-corrected chi connectivity index (χ4v) is 2.44. The van der Waals surface area contributed by atoms with E-state index in [-0.39, 0.29) is 18.3 Å². The minimum atomic E-state index is -0.301. The Hall–Kier alpha value is -3.48. The average molecular weight is 365 g/mol. The normalized spacial score (nSPS) is 10.4. The largest absolute Gasteiger partial charge is 0.484 e. The lowest BCUT2D eigenvalue weighted by Gasteiger charge is -2.08. The third-order valence-corrected chi connectivity index (χ3v) is 3.80. The van der Waals surface area contributed by atoms with Crippen LogP contribution in [0.15, 0.2) is 53.1 Å². The highest BCUT2D eigenvalue weighted by Crippen LogP contribution is 2.20. The standard InChI is InChI=1S/C20H19N3O4/c1-3-18(24)14-7-9-17(10-8-14)26-12-19(25)22-16-6-4-5-15(11-16)20-21-13(2)27-23-20/h4-11H,3,12H2,1-2H3,(H,22,25). The number of Topliss-reactive ketones (excluding diaryl/α,β-unsaturated/α-hetero) is 1. The van der Waals surface area contributed by atoms with Crippen LogP contribution in [0.1, 0.15) is 29.6 Å². The van der Waals surface area contributed by atoms with Gasteiger partial charge in [-0.2, -0.15) is 4.98 Å². The molecule has 1 N–H and O–H groups in total. The van der Waals surface area contributed by atoms with Crippen LogP contribution in [0.3, 0.4) is 0 Å². The number of rotatable bonds is 7. The van der Waals surface area contributed by atoms with E-state index in [1.807, 2.05) is 13.0 Å². The molecule has 0 aliphatic carbocycles. The van der Waals surface area contributed by atoms with Crippen molar-refractivity contribution in [3.8, 4) is 17.1 Å². The van der Waals surface area contributed by atoms with Crippen LogP contribution in [-0.2, 0) is 4.79 Å². The van der Waals surface area contributed by atoms with Gasteiger partial charge >= 0.3 is 0 Å². The Morgan fingerprint density at radius 2 is 1.93 bits per heavy atom. The number of benzene rings is 2. The molecular formula is C20H19N3O4. The van der Waals surface area contributed by atoms with Crippen molar-refractivity contribution in [3.05, 3.63) is 60.0 Å². The molecule has 7 heteroatoms. The second kappa shape index (κ2) is 8.27. The molecule has 2 aromatic carbocycles. The first-order valence-electron chi connectivity index (χ1n) is 8.52. The number of nitrogens with zero attached hydrogens (tertiary/aromatic N) is 2. The molecule has 0 saturated carbocycles. The van der Waals surface area contributed by atoms with Gasteiger partial charge in [-0.05, 0) is 36.4 Å². The molecule has 0 aliphatic rings. The molecule has 0 fully saturated rings. The summed E-state index contributed by atoms with van der Waals surface area (Å²) in [7, 11) is 0. The first-order chi connectivity index (χ1) is 13.0. The van der Waals surface area contributed by atoms with Gasteiger partial charge in [-0.15, -0.1) is 0 Å². The molecule has 0 bridgehead atoms. The van der Waals surface area contributed by atoms with Crippen molar-refractivity contribution >= 4 is 17.4 Å². The Morgan fingerprint density at radius 3 is 2.59 bits per heavy atom. The van der Waals surface area contributed by atoms with E-state index in [4.69, 9.17) is 9.26 Å². The van der Waals surface area contributed by atoms with E-state index >= 15 is 0 Å². The van der Waals surface area contributed by atoms with Gasteiger partial charge in [-0.25, -0.2) is 0 Å². The Labute approximate surface area is 156 Å². The summed E-state index contributed by atoms with van der Waals surface area (Å²) in [6.45, 7) is 3.38. The van der Waals surface area contributed by atoms with Crippen LogP contribution in [0.4, 0.5) is 5.69 Å². The number of carbonyl (C=O) groups is 2. The lowest BCUT2D eigenvalue weighted by atomic mass is 10.1. The van der Waals surface area contributed by atoms with Gasteiger partial charge in [0.25, 0.3) is 5.91 Å². The van der Waals surface area contributed by atoms with Crippen molar-refractivity contribution in [1.82, 2.24) is 10.1 Å². The Balaban J connectivity index is 1.57. The van der Waals surface area contributed by atoms with Gasteiger partial charge in [0.05, 0.1) is 0 Å².